The summed E-state index contributed by atoms with van der Waals surface area (Å²) in [4.78, 5) is 38.2. The van der Waals surface area contributed by atoms with E-state index in [9.17, 15) is 14.4 Å². The van der Waals surface area contributed by atoms with Crippen LogP contribution in [0.5, 0.6) is 0 Å². The van der Waals surface area contributed by atoms with Crippen LogP contribution in [0.15, 0.2) is 34.8 Å². The number of benzene rings is 2. The second kappa shape index (κ2) is 8.14. The molecule has 0 radical (unpaired) electrons. The number of halogens is 1. The minimum atomic E-state index is -0.304. The topological polar surface area (TPSA) is 78.5 Å². The van der Waals surface area contributed by atoms with Crippen LogP contribution in [0.3, 0.4) is 0 Å². The second-order valence-corrected chi connectivity index (χ2v) is 7.88. The fourth-order valence-corrected chi connectivity index (χ4v) is 3.80. The lowest BCUT2D eigenvalue weighted by Gasteiger charge is -2.15. The third-order valence-electron chi connectivity index (χ3n) is 4.69. The van der Waals surface area contributed by atoms with Crippen molar-refractivity contribution < 1.29 is 14.4 Å². The standard InChI is InChI=1S/C21H22BrN3O3/c1-12-9-13(2)18(14(3)10-12)24-21(28)23-7-4-8-25-19(26)16-6-5-15(22)11-17(16)20(25)27/h5-6,9-11H,4,7-8H2,1-3H3,(H2,23,24,28). The highest BCUT2D eigenvalue weighted by atomic mass is 79.9. The molecule has 0 atom stereocenters. The second-order valence-electron chi connectivity index (χ2n) is 6.96. The molecule has 2 N–H and O–H groups in total. The van der Waals surface area contributed by atoms with Gasteiger partial charge in [-0.05, 0) is 56.5 Å². The van der Waals surface area contributed by atoms with E-state index in [1.165, 1.54) is 4.90 Å². The van der Waals surface area contributed by atoms with Gasteiger partial charge in [0.05, 0.1) is 11.1 Å². The monoisotopic (exact) mass is 443 g/mol. The summed E-state index contributed by atoms with van der Waals surface area (Å²) in [6.45, 7) is 6.54. The highest BCUT2D eigenvalue weighted by molar-refractivity contribution is 9.10. The average Bonchev–Trinajstić information content (AvgIpc) is 2.85. The minimum Gasteiger partial charge on any atom is -0.338 e. The largest absolute Gasteiger partial charge is 0.338 e. The first-order valence-corrected chi connectivity index (χ1v) is 9.85. The molecule has 2 aromatic rings. The van der Waals surface area contributed by atoms with Gasteiger partial charge in [0.1, 0.15) is 0 Å². The lowest BCUT2D eigenvalue weighted by atomic mass is 10.1. The molecule has 1 heterocycles. The molecular formula is C21H22BrN3O3. The molecule has 7 heteroatoms. The molecule has 0 saturated carbocycles. The lowest BCUT2D eigenvalue weighted by Crippen LogP contribution is -2.35. The molecule has 0 aliphatic carbocycles. The van der Waals surface area contributed by atoms with Gasteiger partial charge >= 0.3 is 6.03 Å². The SMILES string of the molecule is Cc1cc(C)c(NC(=O)NCCCN2C(=O)c3ccc(Br)cc3C2=O)c(C)c1. The Kier molecular flexibility index (Phi) is 5.84. The van der Waals surface area contributed by atoms with Crippen LogP contribution in [-0.2, 0) is 0 Å². The average molecular weight is 444 g/mol. The van der Waals surface area contributed by atoms with Gasteiger partial charge in [-0.2, -0.15) is 0 Å². The van der Waals surface area contributed by atoms with Gasteiger partial charge < -0.3 is 10.6 Å². The molecule has 0 fully saturated rings. The number of hydrogen-bond donors (Lipinski definition) is 2. The molecule has 3 rings (SSSR count). The first-order valence-electron chi connectivity index (χ1n) is 9.06. The van der Waals surface area contributed by atoms with E-state index in [0.717, 1.165) is 26.9 Å². The number of carbonyl (C=O) groups excluding carboxylic acids is 3. The number of amides is 4. The van der Waals surface area contributed by atoms with E-state index in [0.29, 0.717) is 24.1 Å². The summed E-state index contributed by atoms with van der Waals surface area (Å²) in [7, 11) is 0. The van der Waals surface area contributed by atoms with Gasteiger partial charge in [-0.3, -0.25) is 14.5 Å². The molecule has 28 heavy (non-hydrogen) atoms. The van der Waals surface area contributed by atoms with Crippen molar-refractivity contribution in [1.82, 2.24) is 10.2 Å². The number of urea groups is 1. The number of carbonyl (C=O) groups is 3. The van der Waals surface area contributed by atoms with Gasteiger partial charge in [0.15, 0.2) is 0 Å². The molecule has 0 saturated heterocycles. The molecule has 0 bridgehead atoms. The summed E-state index contributed by atoms with van der Waals surface area (Å²) in [5.74, 6) is -0.584. The third-order valence-corrected chi connectivity index (χ3v) is 5.19. The van der Waals surface area contributed by atoms with Crippen molar-refractivity contribution in [1.29, 1.82) is 0 Å². The highest BCUT2D eigenvalue weighted by Crippen LogP contribution is 2.26. The summed E-state index contributed by atoms with van der Waals surface area (Å²) >= 11 is 3.32. The number of hydrogen-bond acceptors (Lipinski definition) is 3. The van der Waals surface area contributed by atoms with Crippen LogP contribution in [0.1, 0.15) is 43.8 Å². The number of aryl methyl sites for hydroxylation is 3. The van der Waals surface area contributed by atoms with Crippen LogP contribution in [0.25, 0.3) is 0 Å². The van der Waals surface area contributed by atoms with Crippen molar-refractivity contribution in [3.63, 3.8) is 0 Å². The van der Waals surface area contributed by atoms with E-state index >= 15 is 0 Å². The van der Waals surface area contributed by atoms with Gasteiger partial charge in [-0.1, -0.05) is 33.6 Å². The van der Waals surface area contributed by atoms with Crippen LogP contribution in [0.4, 0.5) is 10.5 Å². The van der Waals surface area contributed by atoms with Crippen LogP contribution < -0.4 is 10.6 Å². The van der Waals surface area contributed by atoms with Gasteiger partial charge in [0, 0.05) is 23.2 Å². The molecule has 1 aliphatic heterocycles. The van der Waals surface area contributed by atoms with E-state index < -0.39 is 0 Å². The lowest BCUT2D eigenvalue weighted by molar-refractivity contribution is 0.0653. The van der Waals surface area contributed by atoms with E-state index in [4.69, 9.17) is 0 Å². The molecule has 6 nitrogen and oxygen atoms in total. The van der Waals surface area contributed by atoms with Gasteiger partial charge in [0.2, 0.25) is 0 Å². The van der Waals surface area contributed by atoms with Crippen molar-refractivity contribution in [2.24, 2.45) is 0 Å². The number of nitrogens with zero attached hydrogens (tertiary/aromatic N) is 1. The maximum absolute atomic E-state index is 12.4. The fraction of sp³-hybridized carbons (Fsp3) is 0.286. The summed E-state index contributed by atoms with van der Waals surface area (Å²) < 4.78 is 0.759. The van der Waals surface area contributed by atoms with Gasteiger partial charge in [0.25, 0.3) is 11.8 Å². The number of fused-ring (bicyclic) bond motifs is 1. The molecule has 2 aromatic carbocycles. The van der Waals surface area contributed by atoms with Gasteiger partial charge in [-0.15, -0.1) is 0 Å². The molecular weight excluding hydrogens is 422 g/mol. The molecule has 1 aliphatic rings. The van der Waals surface area contributed by atoms with Crippen molar-refractivity contribution in [3.05, 3.63) is 62.6 Å². The molecule has 0 spiro atoms. The Morgan fingerprint density at radius 1 is 1.00 bits per heavy atom. The van der Waals surface area contributed by atoms with E-state index in [1.807, 2.05) is 32.9 Å². The predicted octanol–water partition coefficient (Wildman–Crippen LogP) is 4.18. The Hall–Kier alpha value is -2.67. The molecule has 4 amide bonds. The van der Waals surface area contributed by atoms with Crippen LogP contribution in [0.2, 0.25) is 0 Å². The van der Waals surface area contributed by atoms with Gasteiger partial charge in [-0.25, -0.2) is 4.79 Å². The third kappa shape index (κ3) is 4.09. The zero-order valence-electron chi connectivity index (χ0n) is 16.1. The van der Waals surface area contributed by atoms with Crippen LogP contribution in [0, 0.1) is 20.8 Å². The maximum atomic E-state index is 12.4. The Balaban J connectivity index is 1.51. The summed E-state index contributed by atoms with van der Waals surface area (Å²) in [5, 5.41) is 5.65. The normalized spacial score (nSPS) is 12.9. The number of imide groups is 1. The highest BCUT2D eigenvalue weighted by Gasteiger charge is 2.34. The number of rotatable bonds is 5. The minimum absolute atomic E-state index is 0.257. The zero-order valence-corrected chi connectivity index (χ0v) is 17.6. The first-order chi connectivity index (χ1) is 13.3. The van der Waals surface area contributed by atoms with Crippen LogP contribution in [-0.4, -0.2) is 35.8 Å². The summed E-state index contributed by atoms with van der Waals surface area (Å²) in [5.41, 5.74) is 4.79. The zero-order chi connectivity index (χ0) is 20.4. The fourth-order valence-electron chi connectivity index (χ4n) is 3.44. The van der Waals surface area contributed by atoms with E-state index in [1.54, 1.807) is 18.2 Å². The molecule has 0 unspecified atom stereocenters. The number of anilines is 1. The quantitative estimate of drug-likeness (QED) is 0.537. The van der Waals surface area contributed by atoms with E-state index in [2.05, 4.69) is 26.6 Å². The molecule has 146 valence electrons. The van der Waals surface area contributed by atoms with Crippen molar-refractivity contribution in [3.8, 4) is 0 Å². The maximum Gasteiger partial charge on any atom is 0.319 e. The number of nitrogens with one attached hydrogen (secondary N) is 2. The summed E-state index contributed by atoms with van der Waals surface area (Å²) in [6.07, 6.45) is 0.478. The predicted molar refractivity (Wildman–Crippen MR) is 112 cm³/mol. The van der Waals surface area contributed by atoms with E-state index in [-0.39, 0.29) is 24.4 Å². The molecule has 0 aromatic heterocycles. The summed E-state index contributed by atoms with van der Waals surface area (Å²) in [6, 6.07) is 8.78. The first kappa shape index (κ1) is 20.1. The smallest absolute Gasteiger partial charge is 0.319 e. The van der Waals surface area contributed by atoms with Crippen molar-refractivity contribution in [2.45, 2.75) is 27.2 Å². The Bertz CT molecular complexity index is 948. The Labute approximate surface area is 172 Å². The Morgan fingerprint density at radius 3 is 2.32 bits per heavy atom. The Morgan fingerprint density at radius 2 is 1.64 bits per heavy atom. The van der Waals surface area contributed by atoms with Crippen molar-refractivity contribution in [2.75, 3.05) is 18.4 Å². The van der Waals surface area contributed by atoms with Crippen molar-refractivity contribution >= 4 is 39.5 Å². The van der Waals surface area contributed by atoms with Crippen LogP contribution >= 0.6 is 15.9 Å².